The van der Waals surface area contributed by atoms with Crippen molar-refractivity contribution in [2.45, 2.75) is 32.7 Å². The maximum absolute atomic E-state index is 12.2. The first-order chi connectivity index (χ1) is 20.3. The van der Waals surface area contributed by atoms with Crippen LogP contribution in [0.1, 0.15) is 37.3 Å². The van der Waals surface area contributed by atoms with E-state index in [1.807, 2.05) is 48.5 Å². The number of unbranched alkanes of at least 4 members (excludes halogenated alkanes) is 1. The van der Waals surface area contributed by atoms with Crippen LogP contribution in [0.4, 0.5) is 17.5 Å². The Morgan fingerprint density at radius 3 is 2.67 bits per heavy atom. The van der Waals surface area contributed by atoms with E-state index < -0.39 is 0 Å². The van der Waals surface area contributed by atoms with Gasteiger partial charge in [-0.05, 0) is 44.6 Å². The number of hydrogen-bond donors (Lipinski definition) is 5. The number of anilines is 3. The van der Waals surface area contributed by atoms with Crippen molar-refractivity contribution >= 4 is 29.3 Å². The average molecular weight is 575 g/mol. The van der Waals surface area contributed by atoms with E-state index in [0.717, 1.165) is 36.3 Å². The maximum Gasteiger partial charge on any atom is 0.246 e. The number of amides is 2. The number of aromatic nitrogens is 2. The molecule has 1 aromatic heterocycles. The summed E-state index contributed by atoms with van der Waals surface area (Å²) in [6, 6.07) is 8.10. The van der Waals surface area contributed by atoms with Gasteiger partial charge in [-0.2, -0.15) is 4.98 Å². The average Bonchev–Trinajstić information content (AvgIpc) is 3.48. The van der Waals surface area contributed by atoms with Gasteiger partial charge in [0.25, 0.3) is 0 Å². The first kappa shape index (κ1) is 31.9. The molecule has 0 aliphatic carbocycles. The summed E-state index contributed by atoms with van der Waals surface area (Å²) >= 11 is 0. The molecule has 0 saturated carbocycles. The van der Waals surface area contributed by atoms with E-state index in [1.54, 1.807) is 19.3 Å². The maximum atomic E-state index is 12.2. The van der Waals surface area contributed by atoms with Gasteiger partial charge in [0.2, 0.25) is 17.8 Å². The number of nitrogens with one attached hydrogen (secondary N) is 5. The standard InChI is InChI=1S/C30H42N10O2/c1-5-16-32-29-25(10-7-6-8-17-31-27(41)23-39(4)28(42)11-9-19-38(2)3)21-33-30(36-29)35-26-14-12-24(13-15-26)22-40-20-18-34-37-40/h9,11-15,18,20-21,34,37H,5-6,8,16-17,19,22-23H2,1-4H3,(H,31,41)(H2,32,33,35,36)/b11-9+. The third-order valence-corrected chi connectivity index (χ3v) is 5.95. The number of likely N-dealkylation sites (N-methyl/N-ethyl adjacent to an activating group) is 2. The van der Waals surface area contributed by atoms with Gasteiger partial charge in [0.15, 0.2) is 0 Å². The molecular formula is C30H42N10O2. The first-order valence-corrected chi connectivity index (χ1v) is 14.1. The SMILES string of the molecule is CCCNc1nc(Nc2ccc(CN3C=CNN3)cc2)ncc1C#CCCCNC(=O)CN(C)C(=O)/C=C/CN(C)C. The van der Waals surface area contributed by atoms with Crippen LogP contribution in [0.3, 0.4) is 0 Å². The van der Waals surface area contributed by atoms with Crippen molar-refractivity contribution in [1.82, 2.24) is 41.1 Å². The molecular weight excluding hydrogens is 532 g/mol. The second-order valence-electron chi connectivity index (χ2n) is 10.0. The summed E-state index contributed by atoms with van der Waals surface area (Å²) in [5.74, 6) is 7.07. The molecule has 0 atom stereocenters. The van der Waals surface area contributed by atoms with Gasteiger partial charge in [-0.3, -0.25) is 14.6 Å². The van der Waals surface area contributed by atoms with Crippen molar-refractivity contribution in [1.29, 1.82) is 0 Å². The highest BCUT2D eigenvalue weighted by Gasteiger charge is 2.10. The largest absolute Gasteiger partial charge is 0.369 e. The molecule has 224 valence electrons. The molecule has 0 bridgehead atoms. The molecule has 2 heterocycles. The Labute approximate surface area is 248 Å². The van der Waals surface area contributed by atoms with E-state index in [-0.39, 0.29) is 18.4 Å². The van der Waals surface area contributed by atoms with E-state index in [1.165, 1.54) is 11.0 Å². The van der Waals surface area contributed by atoms with Gasteiger partial charge in [-0.25, -0.2) is 4.98 Å². The van der Waals surface area contributed by atoms with Crippen LogP contribution in [0.5, 0.6) is 0 Å². The lowest BCUT2D eigenvalue weighted by atomic mass is 10.2. The fraction of sp³-hybridized carbons (Fsp3) is 0.400. The van der Waals surface area contributed by atoms with Crippen molar-refractivity contribution in [2.75, 3.05) is 58.0 Å². The number of hydrazine groups is 2. The zero-order chi connectivity index (χ0) is 30.2. The van der Waals surface area contributed by atoms with Crippen LogP contribution in [0.15, 0.2) is 55.0 Å². The minimum atomic E-state index is -0.201. The minimum Gasteiger partial charge on any atom is -0.369 e. The quantitative estimate of drug-likeness (QED) is 0.123. The number of hydrogen-bond acceptors (Lipinski definition) is 10. The van der Waals surface area contributed by atoms with Gasteiger partial charge < -0.3 is 31.2 Å². The summed E-state index contributed by atoms with van der Waals surface area (Å²) in [7, 11) is 5.46. The van der Waals surface area contributed by atoms with Crippen LogP contribution in [-0.2, 0) is 16.1 Å². The Balaban J connectivity index is 1.46. The number of nitrogens with zero attached hydrogens (tertiary/aromatic N) is 5. The Kier molecular flexibility index (Phi) is 13.1. The molecule has 0 saturated heterocycles. The highest BCUT2D eigenvalue weighted by molar-refractivity contribution is 5.91. The van der Waals surface area contributed by atoms with Crippen molar-refractivity contribution in [3.63, 3.8) is 0 Å². The lowest BCUT2D eigenvalue weighted by Crippen LogP contribution is -2.38. The number of rotatable bonds is 15. The monoisotopic (exact) mass is 574 g/mol. The minimum absolute atomic E-state index is 0.0105. The summed E-state index contributed by atoms with van der Waals surface area (Å²) in [5.41, 5.74) is 8.71. The third-order valence-electron chi connectivity index (χ3n) is 5.95. The van der Waals surface area contributed by atoms with E-state index in [0.29, 0.717) is 37.7 Å². The summed E-state index contributed by atoms with van der Waals surface area (Å²) in [6.45, 7) is 4.75. The van der Waals surface area contributed by atoms with Crippen LogP contribution in [-0.4, -0.2) is 83.9 Å². The highest BCUT2D eigenvalue weighted by atomic mass is 16.2. The van der Waals surface area contributed by atoms with Crippen LogP contribution < -0.4 is 26.9 Å². The second-order valence-corrected chi connectivity index (χ2v) is 10.0. The predicted molar refractivity (Wildman–Crippen MR) is 166 cm³/mol. The molecule has 0 fully saturated rings. The van der Waals surface area contributed by atoms with Crippen molar-refractivity contribution in [2.24, 2.45) is 0 Å². The summed E-state index contributed by atoms with van der Waals surface area (Å²) < 4.78 is 0. The topological polar surface area (TPSA) is 130 Å². The summed E-state index contributed by atoms with van der Waals surface area (Å²) in [6.07, 6.45) is 11.0. The molecule has 1 aromatic carbocycles. The molecule has 0 spiro atoms. The molecule has 0 unspecified atom stereocenters. The van der Waals surface area contributed by atoms with Gasteiger partial charge in [0.1, 0.15) is 5.82 Å². The van der Waals surface area contributed by atoms with Crippen LogP contribution in [0.25, 0.3) is 0 Å². The Morgan fingerprint density at radius 2 is 1.95 bits per heavy atom. The Morgan fingerprint density at radius 1 is 1.14 bits per heavy atom. The molecule has 3 rings (SSSR count). The fourth-order valence-corrected chi connectivity index (χ4v) is 3.71. The number of carbonyl (C=O) groups is 2. The molecule has 2 aromatic rings. The van der Waals surface area contributed by atoms with Gasteiger partial charge in [0.05, 0.1) is 24.8 Å². The normalized spacial score (nSPS) is 12.2. The van der Waals surface area contributed by atoms with Gasteiger partial charge >= 0.3 is 0 Å². The lowest BCUT2D eigenvalue weighted by molar-refractivity contribution is -0.131. The predicted octanol–water partition coefficient (Wildman–Crippen LogP) is 2.16. The summed E-state index contributed by atoms with van der Waals surface area (Å²) in [5, 5.41) is 11.4. The first-order valence-electron chi connectivity index (χ1n) is 14.1. The van der Waals surface area contributed by atoms with Gasteiger partial charge in [-0.1, -0.05) is 37.0 Å². The highest BCUT2D eigenvalue weighted by Crippen LogP contribution is 2.18. The van der Waals surface area contributed by atoms with E-state index in [9.17, 15) is 9.59 Å². The van der Waals surface area contributed by atoms with Crippen molar-refractivity contribution in [3.8, 4) is 11.8 Å². The molecule has 12 heteroatoms. The lowest BCUT2D eigenvalue weighted by Gasteiger charge is -2.15. The zero-order valence-electron chi connectivity index (χ0n) is 24.9. The molecule has 2 amide bonds. The molecule has 1 aliphatic heterocycles. The van der Waals surface area contributed by atoms with Crippen LogP contribution in [0.2, 0.25) is 0 Å². The molecule has 1 aliphatic rings. The van der Waals surface area contributed by atoms with E-state index in [2.05, 4.69) is 67.8 Å². The van der Waals surface area contributed by atoms with Gasteiger partial charge in [0, 0.05) is 57.3 Å². The third kappa shape index (κ3) is 11.5. The van der Waals surface area contributed by atoms with Gasteiger partial charge in [-0.15, -0.1) is 5.53 Å². The molecule has 5 N–H and O–H groups in total. The number of carbonyl (C=O) groups excluding carboxylic acids is 2. The van der Waals surface area contributed by atoms with Crippen molar-refractivity contribution in [3.05, 3.63) is 66.1 Å². The second kappa shape index (κ2) is 17.3. The van der Waals surface area contributed by atoms with E-state index in [4.69, 9.17) is 0 Å². The summed E-state index contributed by atoms with van der Waals surface area (Å²) in [4.78, 5) is 36.7. The molecule has 12 nitrogen and oxygen atoms in total. The molecule has 42 heavy (non-hydrogen) atoms. The van der Waals surface area contributed by atoms with E-state index >= 15 is 0 Å². The Bertz CT molecular complexity index is 1280. The zero-order valence-corrected chi connectivity index (χ0v) is 24.9. The van der Waals surface area contributed by atoms with Crippen LogP contribution in [0, 0.1) is 11.8 Å². The van der Waals surface area contributed by atoms with Crippen molar-refractivity contribution < 1.29 is 9.59 Å². The fourth-order valence-electron chi connectivity index (χ4n) is 3.71. The number of benzene rings is 1. The molecule has 0 radical (unpaired) electrons. The smallest absolute Gasteiger partial charge is 0.246 e. The Hall–Kier alpha value is -4.60. The van der Waals surface area contributed by atoms with Crippen LogP contribution >= 0.6 is 0 Å².